The van der Waals surface area contributed by atoms with Gasteiger partial charge in [-0.05, 0) is 61.1 Å². The molecule has 4 fully saturated rings. The Kier molecular flexibility index (Phi) is 11.2. The first-order valence-electron chi connectivity index (χ1n) is 22.0. The largest absolute Gasteiger partial charge is 0.495 e. The Hall–Kier alpha value is -6.51. The predicted molar refractivity (Wildman–Crippen MR) is 241 cm³/mol. The highest BCUT2D eigenvalue weighted by atomic mass is 35.5. The number of imide groups is 1. The van der Waals surface area contributed by atoms with Crippen LogP contribution >= 0.6 is 11.6 Å². The Balaban J connectivity index is 0.808. The van der Waals surface area contributed by atoms with Crippen LogP contribution in [0.4, 0.5) is 40.8 Å². The van der Waals surface area contributed by atoms with Crippen molar-refractivity contribution in [1.82, 2.24) is 40.0 Å². The molecule has 350 valence electrons. The standard InChI is InChI=1S/C46H47ClF3N11O6/c1-51-31-18-37(56-61-34(20-53-41(31)61)42(63)54-30-7-8-35(30)66-2)59-12-9-27-28(5-4-6-32(27)59)40-29(48)15-25(19-52-40)21-57-22-45(23-57)11-14-58(24-46(45,49)50)43(64)26-16-33(39(47)36(17-26)67-3)60-13-10-38(62)55-44(60)65/h4-6,15-20,30,35,51H,7-14,21-24H2,1-3H3,(H,54,63)(H,55,62,65)/t30?,35-/m1/s1. The summed E-state index contributed by atoms with van der Waals surface area (Å²) in [5.41, 5.74) is 3.23. The number of methoxy groups -OCH3 is 2. The molecule has 3 N–H and O–H groups in total. The second kappa shape index (κ2) is 17.0. The predicted octanol–water partition coefficient (Wildman–Crippen LogP) is 5.67. The van der Waals surface area contributed by atoms with Gasteiger partial charge >= 0.3 is 6.03 Å². The average Bonchev–Trinajstić information content (AvgIpc) is 3.93. The lowest BCUT2D eigenvalue weighted by molar-refractivity contribution is -0.220. The first-order valence-corrected chi connectivity index (χ1v) is 22.4. The van der Waals surface area contributed by atoms with Crippen LogP contribution in [0.25, 0.3) is 16.9 Å². The number of hydrogen-bond acceptors (Lipinski definition) is 12. The van der Waals surface area contributed by atoms with Crippen LogP contribution in [0.3, 0.4) is 0 Å². The number of alkyl halides is 2. The van der Waals surface area contributed by atoms with Gasteiger partial charge in [-0.15, -0.1) is 5.10 Å². The van der Waals surface area contributed by atoms with Crippen molar-refractivity contribution < 1.29 is 41.8 Å². The van der Waals surface area contributed by atoms with E-state index in [2.05, 4.69) is 25.9 Å². The summed E-state index contributed by atoms with van der Waals surface area (Å²) >= 11 is 6.50. The summed E-state index contributed by atoms with van der Waals surface area (Å²) in [6, 6.07) is 10.8. The third-order valence-electron chi connectivity index (χ3n) is 13.8. The number of amides is 5. The van der Waals surface area contributed by atoms with E-state index in [9.17, 15) is 19.2 Å². The number of benzene rings is 2. The van der Waals surface area contributed by atoms with Gasteiger partial charge in [0.05, 0.1) is 48.8 Å². The highest BCUT2D eigenvalue weighted by Gasteiger charge is 2.63. The van der Waals surface area contributed by atoms with E-state index in [1.165, 1.54) is 40.9 Å². The van der Waals surface area contributed by atoms with Crippen molar-refractivity contribution in [3.63, 3.8) is 0 Å². The van der Waals surface area contributed by atoms with E-state index in [1.54, 1.807) is 20.4 Å². The van der Waals surface area contributed by atoms with Gasteiger partial charge < -0.3 is 29.9 Å². The van der Waals surface area contributed by atoms with Crippen LogP contribution in [0.15, 0.2) is 54.9 Å². The van der Waals surface area contributed by atoms with E-state index in [1.807, 2.05) is 34.1 Å². The lowest BCUT2D eigenvalue weighted by Crippen LogP contribution is -2.70. The first kappa shape index (κ1) is 44.3. The number of ether oxygens (including phenoxy) is 2. The van der Waals surface area contributed by atoms with Crippen LogP contribution in [0.1, 0.15) is 57.7 Å². The topological polar surface area (TPSA) is 179 Å². The number of piperidine rings is 1. The molecule has 0 bridgehead atoms. The molecule has 5 amide bonds. The van der Waals surface area contributed by atoms with Crippen molar-refractivity contribution >= 4 is 63.9 Å². The second-order valence-corrected chi connectivity index (χ2v) is 18.1. The number of nitrogens with zero attached hydrogens (tertiary/aromatic N) is 8. The van der Waals surface area contributed by atoms with Gasteiger partial charge in [0.2, 0.25) is 5.91 Å². The number of pyridine rings is 1. The summed E-state index contributed by atoms with van der Waals surface area (Å²) < 4.78 is 60.7. The normalized spacial score (nSPS) is 20.9. The monoisotopic (exact) mass is 941 g/mol. The van der Waals surface area contributed by atoms with E-state index in [0.29, 0.717) is 41.2 Å². The van der Waals surface area contributed by atoms with E-state index >= 15 is 13.2 Å². The Morgan fingerprint density at radius 1 is 0.970 bits per heavy atom. The molecule has 2 aromatic carbocycles. The number of carbonyl (C=O) groups excluding carboxylic acids is 4. The summed E-state index contributed by atoms with van der Waals surface area (Å²) in [6.45, 7) is 0.0878. The van der Waals surface area contributed by atoms with E-state index in [0.717, 1.165) is 29.0 Å². The van der Waals surface area contributed by atoms with Gasteiger partial charge in [-0.1, -0.05) is 23.7 Å². The van der Waals surface area contributed by atoms with Crippen LogP contribution in [-0.2, 0) is 22.5 Å². The van der Waals surface area contributed by atoms with Gasteiger partial charge in [0.25, 0.3) is 17.7 Å². The molecule has 3 saturated heterocycles. The minimum absolute atomic E-state index is 0.00727. The number of carbonyl (C=O) groups is 4. The Bertz CT molecular complexity index is 2860. The number of imidazole rings is 1. The van der Waals surface area contributed by atoms with Gasteiger partial charge in [-0.25, -0.2) is 27.5 Å². The number of hydrogen-bond donors (Lipinski definition) is 3. The smallest absolute Gasteiger partial charge is 0.328 e. The number of fused-ring (bicyclic) bond motifs is 2. The molecule has 1 aliphatic carbocycles. The van der Waals surface area contributed by atoms with Gasteiger partial charge in [0, 0.05) is 88.9 Å². The summed E-state index contributed by atoms with van der Waals surface area (Å²) in [5, 5.41) is 13.3. The summed E-state index contributed by atoms with van der Waals surface area (Å²) in [7, 11) is 4.73. The first-order chi connectivity index (χ1) is 32.2. The van der Waals surface area contributed by atoms with E-state index < -0.39 is 41.5 Å². The van der Waals surface area contributed by atoms with E-state index in [-0.39, 0.29) is 97.0 Å². The fraction of sp³-hybridized carbons (Fsp3) is 0.413. The molecule has 4 aliphatic heterocycles. The van der Waals surface area contributed by atoms with E-state index in [4.69, 9.17) is 26.2 Å². The molecule has 10 rings (SSSR count). The maximum Gasteiger partial charge on any atom is 0.328 e. The van der Waals surface area contributed by atoms with Crippen molar-refractivity contribution in [2.45, 2.75) is 56.7 Å². The highest BCUT2D eigenvalue weighted by molar-refractivity contribution is 6.35. The van der Waals surface area contributed by atoms with Crippen molar-refractivity contribution in [2.24, 2.45) is 5.41 Å². The molecule has 7 heterocycles. The number of anilines is 4. The number of nitrogens with one attached hydrogen (secondary N) is 3. The van der Waals surface area contributed by atoms with Crippen LogP contribution in [0.5, 0.6) is 5.75 Å². The highest BCUT2D eigenvalue weighted by Crippen LogP contribution is 2.51. The molecular formula is C46H47ClF3N11O6. The zero-order chi connectivity index (χ0) is 46.9. The zero-order valence-corrected chi connectivity index (χ0v) is 37.6. The minimum Gasteiger partial charge on any atom is -0.495 e. The number of likely N-dealkylation sites (tertiary alicyclic amines) is 2. The lowest BCUT2D eigenvalue weighted by atomic mass is 9.69. The zero-order valence-electron chi connectivity index (χ0n) is 36.9. The maximum absolute atomic E-state index is 16.1. The number of rotatable bonds is 11. The van der Waals surface area contributed by atoms with Crippen molar-refractivity contribution in [3.05, 3.63) is 88.1 Å². The average molecular weight is 942 g/mol. The van der Waals surface area contributed by atoms with Crippen LogP contribution in [-0.4, -0.2) is 132 Å². The molecule has 5 aromatic rings. The van der Waals surface area contributed by atoms with Crippen LogP contribution in [0, 0.1) is 11.2 Å². The molecule has 0 radical (unpaired) electrons. The maximum atomic E-state index is 16.1. The molecule has 17 nitrogen and oxygen atoms in total. The number of aromatic nitrogens is 4. The van der Waals surface area contributed by atoms with Gasteiger partial charge in [0.15, 0.2) is 17.2 Å². The lowest BCUT2D eigenvalue weighted by Gasteiger charge is -2.57. The van der Waals surface area contributed by atoms with Crippen molar-refractivity contribution in [3.8, 4) is 17.0 Å². The molecular weight excluding hydrogens is 895 g/mol. The fourth-order valence-electron chi connectivity index (χ4n) is 10.0. The molecule has 1 spiro atoms. The van der Waals surface area contributed by atoms with Crippen LogP contribution in [0.2, 0.25) is 5.02 Å². The molecule has 1 unspecified atom stereocenters. The quantitative estimate of drug-likeness (QED) is 0.148. The van der Waals surface area contributed by atoms with Crippen molar-refractivity contribution in [1.29, 1.82) is 0 Å². The molecule has 3 aromatic heterocycles. The van der Waals surface area contributed by atoms with Gasteiger partial charge in [-0.2, -0.15) is 0 Å². The third-order valence-corrected chi connectivity index (χ3v) is 14.2. The summed E-state index contributed by atoms with van der Waals surface area (Å²) in [5.74, 6) is -4.57. The van der Waals surface area contributed by atoms with Gasteiger partial charge in [-0.3, -0.25) is 34.5 Å². The summed E-state index contributed by atoms with van der Waals surface area (Å²) in [6.07, 6.45) is 5.36. The fourth-order valence-corrected chi connectivity index (χ4v) is 10.3. The third kappa shape index (κ3) is 7.63. The molecule has 5 aliphatic rings. The number of halogens is 4. The molecule has 67 heavy (non-hydrogen) atoms. The Labute approximate surface area is 387 Å². The summed E-state index contributed by atoms with van der Waals surface area (Å²) in [4.78, 5) is 66.7. The molecule has 1 saturated carbocycles. The Morgan fingerprint density at radius 2 is 1.78 bits per heavy atom. The number of urea groups is 1. The van der Waals surface area contributed by atoms with Crippen LogP contribution < -0.4 is 30.5 Å². The minimum atomic E-state index is -3.24. The molecule has 21 heteroatoms. The molecule has 2 atom stereocenters. The van der Waals surface area contributed by atoms with Crippen molar-refractivity contribution in [2.75, 3.05) is 75.7 Å². The Morgan fingerprint density at radius 3 is 2.48 bits per heavy atom. The SMILES string of the molecule is CNc1cc(N2CCc3c(-c4ncc(CN5CC6(CCN(C(=O)c7cc(OC)c(Cl)c(N8CCC(=O)NC8=O)c7)CC6(F)F)C5)cc4F)cccc32)nn2c(C(=O)NC3CC[C@H]3OC)cnc12. The second-order valence-electron chi connectivity index (χ2n) is 17.7. The van der Waals surface area contributed by atoms with Gasteiger partial charge in [0.1, 0.15) is 22.3 Å².